The lowest BCUT2D eigenvalue weighted by atomic mass is 10.1. The minimum Gasteiger partial charge on any atom is -0.493 e. The van der Waals surface area contributed by atoms with Crippen molar-refractivity contribution in [2.45, 2.75) is 51.1 Å². The van der Waals surface area contributed by atoms with Gasteiger partial charge in [-0.1, -0.05) is 13.8 Å². The maximum absolute atomic E-state index is 13.4. The Morgan fingerprint density at radius 3 is 2.47 bits per heavy atom. The van der Waals surface area contributed by atoms with E-state index in [1.165, 1.54) is 18.2 Å². The van der Waals surface area contributed by atoms with E-state index in [9.17, 15) is 18.0 Å². The summed E-state index contributed by atoms with van der Waals surface area (Å²) in [4.78, 5) is 25.8. The van der Waals surface area contributed by atoms with Crippen molar-refractivity contribution in [3.8, 4) is 5.75 Å². The molecule has 2 aromatic rings. The number of likely N-dealkylation sites (tertiary alicyclic amines) is 1. The van der Waals surface area contributed by atoms with Crippen LogP contribution in [0.2, 0.25) is 0 Å². The topological polar surface area (TPSA) is 133 Å². The lowest BCUT2D eigenvalue weighted by Gasteiger charge is -2.29. The van der Waals surface area contributed by atoms with Crippen molar-refractivity contribution >= 4 is 27.3 Å². The predicted molar refractivity (Wildman–Crippen MR) is 129 cm³/mol. The molecule has 10 nitrogen and oxygen atoms in total. The molecule has 1 aliphatic rings. The Balaban J connectivity index is 2.03. The van der Waals surface area contributed by atoms with Crippen molar-refractivity contribution in [1.82, 2.24) is 9.78 Å². The van der Waals surface area contributed by atoms with E-state index in [1.807, 2.05) is 13.8 Å². The fourth-order valence-corrected chi connectivity index (χ4v) is 4.89. The average molecular weight is 493 g/mol. The summed E-state index contributed by atoms with van der Waals surface area (Å²) in [5, 5.41) is 7.37. The summed E-state index contributed by atoms with van der Waals surface area (Å²) in [6, 6.07) is 4.16. The number of hydrogen-bond acceptors (Lipinski definition) is 6. The van der Waals surface area contributed by atoms with Gasteiger partial charge in [-0.3, -0.25) is 9.59 Å². The molecule has 0 aliphatic carbocycles. The number of anilines is 1. The van der Waals surface area contributed by atoms with Crippen LogP contribution in [0.5, 0.6) is 5.75 Å². The van der Waals surface area contributed by atoms with Crippen molar-refractivity contribution < 1.29 is 27.2 Å². The number of benzene rings is 1. The Morgan fingerprint density at radius 1 is 1.24 bits per heavy atom. The number of ether oxygens (including phenoxy) is 1. The van der Waals surface area contributed by atoms with E-state index in [0.29, 0.717) is 31.8 Å². The predicted octanol–water partition coefficient (Wildman–Crippen LogP) is 2.19. The minimum atomic E-state index is -3.55. The van der Waals surface area contributed by atoms with E-state index in [1.54, 1.807) is 4.68 Å². The third kappa shape index (κ3) is 5.58. The molecule has 1 aromatic heterocycles. The van der Waals surface area contributed by atoms with Gasteiger partial charge in [0.2, 0.25) is 0 Å². The van der Waals surface area contributed by atoms with Crippen LogP contribution in [0.3, 0.4) is 0 Å². The monoisotopic (exact) mass is 492 g/mol. The van der Waals surface area contributed by atoms with E-state index in [-0.39, 0.29) is 27.6 Å². The Hall–Kier alpha value is -2.92. The standard InChI is InChI=1S/C23H33N5O5S/c1-5-13-33-19-10-9-16(34(4,31)32)14-17(19)23(30)25-20-18(6-2)26-27(21(20)22(24)29)15-28(3)11-7-8-12-28/h9-10,14H,5-8,11-13,15H2,1-4H3,(H2-,24,25,29,30)/p+1. The first kappa shape index (κ1) is 25.7. The van der Waals surface area contributed by atoms with Crippen molar-refractivity contribution in [1.29, 1.82) is 0 Å². The van der Waals surface area contributed by atoms with Crippen LogP contribution in [0.15, 0.2) is 23.1 Å². The third-order valence-electron chi connectivity index (χ3n) is 6.04. The number of hydrogen-bond donors (Lipinski definition) is 2. The summed E-state index contributed by atoms with van der Waals surface area (Å²) >= 11 is 0. The van der Waals surface area contributed by atoms with Gasteiger partial charge in [-0.05, 0) is 31.0 Å². The Morgan fingerprint density at radius 2 is 1.91 bits per heavy atom. The molecule has 2 amide bonds. The highest BCUT2D eigenvalue weighted by atomic mass is 32.2. The van der Waals surface area contributed by atoms with Crippen LogP contribution < -0.4 is 15.8 Å². The molecule has 0 spiro atoms. The van der Waals surface area contributed by atoms with Crippen LogP contribution in [0.4, 0.5) is 5.69 Å². The molecule has 34 heavy (non-hydrogen) atoms. The van der Waals surface area contributed by atoms with Gasteiger partial charge in [0.25, 0.3) is 11.8 Å². The smallest absolute Gasteiger partial charge is 0.269 e. The SMILES string of the molecule is CCCOc1ccc(S(C)(=O)=O)cc1C(=O)Nc1c(CC)nn(C[N+]2(C)CCCC2)c1C(N)=O. The van der Waals surface area contributed by atoms with E-state index in [2.05, 4.69) is 17.5 Å². The lowest BCUT2D eigenvalue weighted by Crippen LogP contribution is -2.43. The number of nitrogens with two attached hydrogens (primary N) is 1. The number of nitrogens with one attached hydrogen (secondary N) is 1. The van der Waals surface area contributed by atoms with Crippen molar-refractivity contribution in [3.05, 3.63) is 35.2 Å². The molecule has 1 aliphatic heterocycles. The second kappa shape index (κ2) is 10.1. The molecule has 11 heteroatoms. The van der Waals surface area contributed by atoms with Gasteiger partial charge in [0.1, 0.15) is 5.75 Å². The summed E-state index contributed by atoms with van der Waals surface area (Å²) in [7, 11) is -1.44. The molecular formula is C23H34N5O5S+. The summed E-state index contributed by atoms with van der Waals surface area (Å²) in [5.74, 6) is -1.04. The molecule has 0 unspecified atom stereocenters. The van der Waals surface area contributed by atoms with Crippen molar-refractivity contribution in [3.63, 3.8) is 0 Å². The first-order valence-corrected chi connectivity index (χ1v) is 13.4. The maximum Gasteiger partial charge on any atom is 0.269 e. The van der Waals surface area contributed by atoms with Crippen LogP contribution in [0, 0.1) is 0 Å². The van der Waals surface area contributed by atoms with Crippen molar-refractivity contribution in [2.24, 2.45) is 5.73 Å². The van der Waals surface area contributed by atoms with Gasteiger partial charge in [0, 0.05) is 19.1 Å². The normalized spacial score (nSPS) is 15.3. The number of amides is 2. The number of nitrogens with zero attached hydrogens (tertiary/aromatic N) is 3. The molecule has 186 valence electrons. The van der Waals surface area contributed by atoms with Gasteiger partial charge in [0.15, 0.2) is 22.2 Å². The molecule has 0 radical (unpaired) electrons. The van der Waals surface area contributed by atoms with Gasteiger partial charge in [0.05, 0.1) is 48.6 Å². The lowest BCUT2D eigenvalue weighted by molar-refractivity contribution is -0.920. The molecule has 0 saturated carbocycles. The average Bonchev–Trinajstić information content (AvgIpc) is 3.34. The second-order valence-electron chi connectivity index (χ2n) is 9.04. The Labute approximate surface area is 200 Å². The number of sulfone groups is 1. The zero-order valence-corrected chi connectivity index (χ0v) is 21.1. The molecular weight excluding hydrogens is 458 g/mol. The molecule has 1 saturated heterocycles. The van der Waals surface area contributed by atoms with Gasteiger partial charge < -0.3 is 20.3 Å². The fraction of sp³-hybridized carbons (Fsp3) is 0.522. The van der Waals surface area contributed by atoms with Crippen LogP contribution >= 0.6 is 0 Å². The van der Waals surface area contributed by atoms with Gasteiger partial charge in [-0.15, -0.1) is 0 Å². The second-order valence-corrected chi connectivity index (χ2v) is 11.1. The molecule has 1 fully saturated rings. The number of primary amides is 1. The summed E-state index contributed by atoms with van der Waals surface area (Å²) in [5.41, 5.74) is 6.69. The highest BCUT2D eigenvalue weighted by Crippen LogP contribution is 2.28. The first-order chi connectivity index (χ1) is 16.0. The molecule has 0 bridgehead atoms. The zero-order valence-electron chi connectivity index (χ0n) is 20.3. The molecule has 2 heterocycles. The number of aromatic nitrogens is 2. The van der Waals surface area contributed by atoms with E-state index in [4.69, 9.17) is 10.5 Å². The van der Waals surface area contributed by atoms with Crippen LogP contribution in [-0.4, -0.2) is 67.5 Å². The van der Waals surface area contributed by atoms with Gasteiger partial charge in [-0.2, -0.15) is 5.10 Å². The summed E-state index contributed by atoms with van der Waals surface area (Å²) in [6.45, 7) is 6.57. The molecule has 0 atom stereocenters. The zero-order chi connectivity index (χ0) is 25.1. The number of quaternary nitrogens is 1. The molecule has 1 aromatic carbocycles. The van der Waals surface area contributed by atoms with Gasteiger partial charge >= 0.3 is 0 Å². The van der Waals surface area contributed by atoms with E-state index in [0.717, 1.165) is 36.7 Å². The van der Waals surface area contributed by atoms with Crippen LogP contribution in [0.1, 0.15) is 59.7 Å². The highest BCUT2D eigenvalue weighted by molar-refractivity contribution is 7.90. The maximum atomic E-state index is 13.4. The van der Waals surface area contributed by atoms with Crippen LogP contribution in [-0.2, 0) is 22.9 Å². The third-order valence-corrected chi connectivity index (χ3v) is 7.15. The largest absolute Gasteiger partial charge is 0.493 e. The Kier molecular flexibility index (Phi) is 7.67. The molecule has 3 N–H and O–H groups in total. The first-order valence-electron chi connectivity index (χ1n) is 11.5. The number of aryl methyl sites for hydroxylation is 1. The minimum absolute atomic E-state index is 0.00510. The molecule has 3 rings (SSSR count). The van der Waals surface area contributed by atoms with Gasteiger partial charge in [-0.25, -0.2) is 13.1 Å². The number of rotatable bonds is 10. The summed E-state index contributed by atoms with van der Waals surface area (Å²) < 4.78 is 32.2. The fourth-order valence-electron chi connectivity index (χ4n) is 4.24. The quantitative estimate of drug-likeness (QED) is 0.489. The van der Waals surface area contributed by atoms with E-state index < -0.39 is 21.7 Å². The highest BCUT2D eigenvalue weighted by Gasteiger charge is 2.32. The summed E-state index contributed by atoms with van der Waals surface area (Å²) in [6.07, 6.45) is 4.46. The van der Waals surface area contributed by atoms with Crippen molar-refractivity contribution in [2.75, 3.05) is 38.3 Å². The number of carbonyl (C=O) groups excluding carboxylic acids is 2. The van der Waals surface area contributed by atoms with E-state index >= 15 is 0 Å². The number of carbonyl (C=O) groups is 2. The van der Waals surface area contributed by atoms with Crippen LogP contribution in [0.25, 0.3) is 0 Å². The Bertz CT molecular complexity index is 1180.